The lowest BCUT2D eigenvalue weighted by atomic mass is 10.4. The molecule has 0 amide bonds. The maximum Gasteiger partial charge on any atom is 0.191 e. The van der Waals surface area contributed by atoms with Crippen molar-refractivity contribution in [3.05, 3.63) is 6.07 Å². The Labute approximate surface area is 125 Å². The van der Waals surface area contributed by atoms with Crippen molar-refractivity contribution in [2.24, 2.45) is 0 Å². The molecule has 1 aromatic rings. The van der Waals surface area contributed by atoms with Crippen molar-refractivity contribution in [1.82, 2.24) is 9.97 Å². The summed E-state index contributed by atoms with van der Waals surface area (Å²) in [5.74, 6) is 4.04. The number of thioether (sulfide) groups is 2. The number of nitrogens with zero attached hydrogens (tertiary/aromatic N) is 2. The molecule has 1 atom stereocenters. The summed E-state index contributed by atoms with van der Waals surface area (Å²) in [5, 5.41) is 7.56. The molecule has 0 aliphatic heterocycles. The fourth-order valence-corrected chi connectivity index (χ4v) is 2.57. The first-order valence-electron chi connectivity index (χ1n) is 6.70. The van der Waals surface area contributed by atoms with Crippen LogP contribution in [0.2, 0.25) is 0 Å². The number of aromatic nitrogens is 2. The second kappa shape index (κ2) is 9.31. The largest absolute Gasteiger partial charge is 0.370 e. The number of nitrogens with one attached hydrogen (secondary N) is 2. The summed E-state index contributed by atoms with van der Waals surface area (Å²) in [4.78, 5) is 8.95. The summed E-state index contributed by atoms with van der Waals surface area (Å²) in [6.07, 6.45) is 3.09. The van der Waals surface area contributed by atoms with Gasteiger partial charge in [-0.05, 0) is 25.4 Å². The van der Waals surface area contributed by atoms with Crippen LogP contribution in [0.5, 0.6) is 0 Å². The minimum atomic E-state index is 0.411. The lowest BCUT2D eigenvalue weighted by molar-refractivity contribution is 0.873. The highest BCUT2D eigenvalue weighted by atomic mass is 32.2. The van der Waals surface area contributed by atoms with Gasteiger partial charge in [-0.1, -0.05) is 25.6 Å². The van der Waals surface area contributed by atoms with Gasteiger partial charge in [-0.25, -0.2) is 9.97 Å². The fraction of sp³-hybridized carbons (Fsp3) is 0.692. The maximum atomic E-state index is 4.50. The van der Waals surface area contributed by atoms with Crippen molar-refractivity contribution in [2.75, 3.05) is 34.9 Å². The van der Waals surface area contributed by atoms with E-state index >= 15 is 0 Å². The van der Waals surface area contributed by atoms with Crippen LogP contribution in [0.4, 0.5) is 11.6 Å². The predicted molar refractivity (Wildman–Crippen MR) is 88.7 cm³/mol. The van der Waals surface area contributed by atoms with E-state index in [0.29, 0.717) is 6.04 Å². The van der Waals surface area contributed by atoms with Gasteiger partial charge in [0.25, 0.3) is 0 Å². The molecule has 1 rings (SSSR count). The van der Waals surface area contributed by atoms with Gasteiger partial charge in [0, 0.05) is 24.4 Å². The molecular formula is C13H24N4S2. The van der Waals surface area contributed by atoms with Crippen molar-refractivity contribution in [1.29, 1.82) is 0 Å². The Kier molecular flexibility index (Phi) is 8.05. The van der Waals surface area contributed by atoms with E-state index < -0.39 is 0 Å². The first-order valence-corrected chi connectivity index (χ1v) is 9.08. The van der Waals surface area contributed by atoms with Crippen LogP contribution in [0.3, 0.4) is 0 Å². The van der Waals surface area contributed by atoms with Gasteiger partial charge in [0.15, 0.2) is 5.16 Å². The van der Waals surface area contributed by atoms with Gasteiger partial charge in [0.1, 0.15) is 11.6 Å². The zero-order valence-corrected chi connectivity index (χ0v) is 13.8. The average molecular weight is 300 g/mol. The van der Waals surface area contributed by atoms with Gasteiger partial charge < -0.3 is 10.6 Å². The molecule has 1 unspecified atom stereocenters. The summed E-state index contributed by atoms with van der Waals surface area (Å²) < 4.78 is 0. The fourth-order valence-electron chi connectivity index (χ4n) is 1.52. The average Bonchev–Trinajstić information content (AvgIpc) is 2.42. The van der Waals surface area contributed by atoms with E-state index in [0.717, 1.165) is 41.3 Å². The summed E-state index contributed by atoms with van der Waals surface area (Å²) in [6, 6.07) is 2.40. The monoisotopic (exact) mass is 300 g/mol. The molecule has 0 saturated heterocycles. The van der Waals surface area contributed by atoms with E-state index in [9.17, 15) is 0 Å². The van der Waals surface area contributed by atoms with Gasteiger partial charge >= 0.3 is 0 Å². The van der Waals surface area contributed by atoms with Gasteiger partial charge in [0.2, 0.25) is 0 Å². The smallest absolute Gasteiger partial charge is 0.191 e. The molecule has 0 fully saturated rings. The van der Waals surface area contributed by atoms with Crippen LogP contribution in [-0.4, -0.2) is 40.3 Å². The van der Waals surface area contributed by atoms with Crippen molar-refractivity contribution in [2.45, 2.75) is 38.4 Å². The molecule has 0 aromatic carbocycles. The second-order valence-electron chi connectivity index (χ2n) is 4.26. The van der Waals surface area contributed by atoms with Crippen molar-refractivity contribution in [3.8, 4) is 0 Å². The van der Waals surface area contributed by atoms with Crippen LogP contribution in [0.1, 0.15) is 27.2 Å². The minimum absolute atomic E-state index is 0.411. The molecule has 2 N–H and O–H groups in total. The van der Waals surface area contributed by atoms with E-state index in [1.165, 1.54) is 0 Å². The zero-order valence-electron chi connectivity index (χ0n) is 12.2. The van der Waals surface area contributed by atoms with Gasteiger partial charge in [-0.15, -0.1) is 0 Å². The molecule has 0 aliphatic rings. The summed E-state index contributed by atoms with van der Waals surface area (Å²) in [6.45, 7) is 7.45. The van der Waals surface area contributed by atoms with Crippen LogP contribution >= 0.6 is 23.5 Å². The Morgan fingerprint density at radius 2 is 2.00 bits per heavy atom. The highest BCUT2D eigenvalue weighted by molar-refractivity contribution is 7.99. The van der Waals surface area contributed by atoms with E-state index in [-0.39, 0.29) is 0 Å². The third kappa shape index (κ3) is 6.38. The summed E-state index contributed by atoms with van der Waals surface area (Å²) >= 11 is 3.50. The van der Waals surface area contributed by atoms with E-state index in [2.05, 4.69) is 41.4 Å². The molecule has 6 heteroatoms. The maximum absolute atomic E-state index is 4.50. The molecule has 0 aliphatic carbocycles. The molecule has 1 heterocycles. The molecule has 19 heavy (non-hydrogen) atoms. The zero-order chi connectivity index (χ0) is 14.1. The van der Waals surface area contributed by atoms with E-state index in [1.54, 1.807) is 11.8 Å². The minimum Gasteiger partial charge on any atom is -0.370 e. The van der Waals surface area contributed by atoms with Gasteiger partial charge in [-0.3, -0.25) is 0 Å². The van der Waals surface area contributed by atoms with Gasteiger partial charge in [0.05, 0.1) is 0 Å². The van der Waals surface area contributed by atoms with Crippen molar-refractivity contribution in [3.63, 3.8) is 0 Å². The number of anilines is 2. The second-order valence-corrected chi connectivity index (χ2v) is 6.35. The SMILES string of the molecule is CCCNc1cc(NC(C)CSCC)nc(SC)n1. The molecule has 0 spiro atoms. The first kappa shape index (κ1) is 16.4. The predicted octanol–water partition coefficient (Wildman–Crippen LogP) is 3.57. The highest BCUT2D eigenvalue weighted by Gasteiger charge is 2.07. The van der Waals surface area contributed by atoms with Crippen molar-refractivity contribution < 1.29 is 0 Å². The Morgan fingerprint density at radius 1 is 1.26 bits per heavy atom. The Balaban J connectivity index is 2.69. The van der Waals surface area contributed by atoms with Crippen LogP contribution in [0, 0.1) is 0 Å². The van der Waals surface area contributed by atoms with E-state index in [1.807, 2.05) is 24.1 Å². The molecular weight excluding hydrogens is 276 g/mol. The number of hydrogen-bond acceptors (Lipinski definition) is 6. The topological polar surface area (TPSA) is 49.8 Å². The third-order valence-electron chi connectivity index (χ3n) is 2.41. The van der Waals surface area contributed by atoms with Crippen LogP contribution in [-0.2, 0) is 0 Å². The van der Waals surface area contributed by atoms with Crippen LogP contribution in [0.25, 0.3) is 0 Å². The standard InChI is InChI=1S/C13H24N4S2/c1-5-7-14-11-8-12(17-13(16-11)18-4)15-10(3)9-19-6-2/h8,10H,5-7,9H2,1-4H3,(H2,14,15,16,17). The number of hydrogen-bond donors (Lipinski definition) is 2. The lowest BCUT2D eigenvalue weighted by Gasteiger charge is -2.15. The quantitative estimate of drug-likeness (QED) is 0.537. The first-order chi connectivity index (χ1) is 9.19. The lowest BCUT2D eigenvalue weighted by Crippen LogP contribution is -2.19. The molecule has 108 valence electrons. The molecule has 1 aromatic heterocycles. The molecule has 0 saturated carbocycles. The van der Waals surface area contributed by atoms with Crippen LogP contribution < -0.4 is 10.6 Å². The van der Waals surface area contributed by atoms with Crippen molar-refractivity contribution >= 4 is 35.2 Å². The Morgan fingerprint density at radius 3 is 2.63 bits per heavy atom. The normalized spacial score (nSPS) is 12.2. The Hall–Kier alpha value is -0.620. The van der Waals surface area contributed by atoms with E-state index in [4.69, 9.17) is 0 Å². The van der Waals surface area contributed by atoms with Gasteiger partial charge in [-0.2, -0.15) is 11.8 Å². The third-order valence-corrected chi connectivity index (χ3v) is 4.10. The number of rotatable bonds is 9. The molecule has 0 radical (unpaired) electrons. The highest BCUT2D eigenvalue weighted by Crippen LogP contribution is 2.18. The molecule has 4 nitrogen and oxygen atoms in total. The summed E-state index contributed by atoms with van der Waals surface area (Å²) in [5.41, 5.74) is 0. The molecule has 0 bridgehead atoms. The summed E-state index contributed by atoms with van der Waals surface area (Å²) in [7, 11) is 0. The Bertz CT molecular complexity index is 374. The van der Waals surface area contributed by atoms with Crippen LogP contribution in [0.15, 0.2) is 11.2 Å².